The zero-order valence-electron chi connectivity index (χ0n) is 14.5. The Morgan fingerprint density at radius 3 is 2.15 bits per heavy atom. The van der Waals surface area contributed by atoms with Gasteiger partial charge < -0.3 is 10.9 Å². The standard InChI is InChI=1S/C16H24O3.Na.H/c1-15(2,3)12-16(4,5)19-14(17)11-18-13-9-7-6-8-10-13;;/h6-10H,11-12H2,1-5H3;;/q;+1;-1. The van der Waals surface area contributed by atoms with E-state index in [0.29, 0.717) is 5.75 Å². The summed E-state index contributed by atoms with van der Waals surface area (Å²) in [6, 6.07) is 9.26. The molecule has 0 aliphatic carbocycles. The van der Waals surface area contributed by atoms with Crippen LogP contribution in [0, 0.1) is 5.41 Å². The summed E-state index contributed by atoms with van der Waals surface area (Å²) in [4.78, 5) is 11.8. The molecule has 4 heteroatoms. The first-order valence-electron chi connectivity index (χ1n) is 6.58. The van der Waals surface area contributed by atoms with Gasteiger partial charge in [0.15, 0.2) is 6.61 Å². The van der Waals surface area contributed by atoms with Crippen molar-refractivity contribution >= 4 is 5.97 Å². The molecule has 0 atom stereocenters. The van der Waals surface area contributed by atoms with E-state index in [9.17, 15) is 4.79 Å². The van der Waals surface area contributed by atoms with Crippen molar-refractivity contribution in [3.8, 4) is 5.75 Å². The van der Waals surface area contributed by atoms with Crippen LogP contribution in [0.4, 0.5) is 0 Å². The monoisotopic (exact) mass is 288 g/mol. The maximum atomic E-state index is 11.8. The van der Waals surface area contributed by atoms with E-state index in [1.54, 1.807) is 0 Å². The number of esters is 1. The molecule has 0 radical (unpaired) electrons. The van der Waals surface area contributed by atoms with E-state index >= 15 is 0 Å². The zero-order valence-corrected chi connectivity index (χ0v) is 15.5. The predicted octanol–water partition coefficient (Wildman–Crippen LogP) is 0.940. The van der Waals surface area contributed by atoms with Crippen LogP contribution < -0.4 is 34.3 Å². The van der Waals surface area contributed by atoms with Gasteiger partial charge in [-0.15, -0.1) is 0 Å². The average Bonchev–Trinajstić information content (AvgIpc) is 2.23. The quantitative estimate of drug-likeness (QED) is 0.597. The van der Waals surface area contributed by atoms with Crippen LogP contribution in [0.1, 0.15) is 42.5 Å². The molecule has 1 aromatic rings. The molecule has 1 rings (SSSR count). The first kappa shape index (κ1) is 19.5. The number of hydrogen-bond donors (Lipinski definition) is 0. The number of rotatable bonds is 5. The predicted molar refractivity (Wildman–Crippen MR) is 77.3 cm³/mol. The minimum Gasteiger partial charge on any atom is -1.00 e. The van der Waals surface area contributed by atoms with Crippen LogP contribution in [0.2, 0.25) is 0 Å². The van der Waals surface area contributed by atoms with E-state index in [0.717, 1.165) is 6.42 Å². The second kappa shape index (κ2) is 8.06. The van der Waals surface area contributed by atoms with Gasteiger partial charge in [0.1, 0.15) is 11.4 Å². The molecule has 0 heterocycles. The second-order valence-corrected chi connectivity index (χ2v) is 6.57. The van der Waals surface area contributed by atoms with Gasteiger partial charge in [-0.2, -0.15) is 0 Å². The molecule has 108 valence electrons. The maximum Gasteiger partial charge on any atom is 1.00 e. The van der Waals surface area contributed by atoms with Crippen molar-refractivity contribution in [2.75, 3.05) is 6.61 Å². The van der Waals surface area contributed by atoms with Crippen LogP contribution >= 0.6 is 0 Å². The summed E-state index contributed by atoms with van der Waals surface area (Å²) in [7, 11) is 0. The van der Waals surface area contributed by atoms with Crippen LogP contribution in [-0.2, 0) is 9.53 Å². The minimum atomic E-state index is -0.477. The van der Waals surface area contributed by atoms with Crippen molar-refractivity contribution < 1.29 is 45.3 Å². The van der Waals surface area contributed by atoms with Gasteiger partial charge in [-0.3, -0.25) is 0 Å². The maximum absolute atomic E-state index is 11.8. The third kappa shape index (κ3) is 8.62. The molecule has 0 N–H and O–H groups in total. The van der Waals surface area contributed by atoms with E-state index < -0.39 is 5.60 Å². The molecule has 0 aliphatic heterocycles. The largest absolute Gasteiger partial charge is 1.00 e. The summed E-state index contributed by atoms with van der Waals surface area (Å²) in [6.45, 7) is 10.2. The summed E-state index contributed by atoms with van der Waals surface area (Å²) < 4.78 is 10.8. The molecule has 0 unspecified atom stereocenters. The molecule has 0 saturated carbocycles. The third-order valence-corrected chi connectivity index (χ3v) is 2.45. The molecule has 1 aromatic carbocycles. The molecule has 0 amide bonds. The number of ether oxygens (including phenoxy) is 2. The van der Waals surface area contributed by atoms with Gasteiger partial charge >= 0.3 is 35.5 Å². The molecule has 0 aromatic heterocycles. The Kier molecular flexibility index (Phi) is 7.85. The van der Waals surface area contributed by atoms with Gasteiger partial charge in [0, 0.05) is 0 Å². The van der Waals surface area contributed by atoms with Crippen molar-refractivity contribution in [3.05, 3.63) is 30.3 Å². The molecule has 3 nitrogen and oxygen atoms in total. The molecule has 0 fully saturated rings. The number of benzene rings is 1. The van der Waals surface area contributed by atoms with Crippen molar-refractivity contribution in [1.29, 1.82) is 0 Å². The van der Waals surface area contributed by atoms with E-state index in [4.69, 9.17) is 9.47 Å². The summed E-state index contributed by atoms with van der Waals surface area (Å²) in [6.07, 6.45) is 0.803. The SMILES string of the molecule is CC(C)(C)CC(C)(C)OC(=O)COc1ccccc1.[H-].[Na+]. The third-order valence-electron chi connectivity index (χ3n) is 2.45. The van der Waals surface area contributed by atoms with Gasteiger partial charge in [-0.05, 0) is 37.8 Å². The van der Waals surface area contributed by atoms with Crippen molar-refractivity contribution in [3.63, 3.8) is 0 Å². The number of hydrogen-bond acceptors (Lipinski definition) is 3. The fourth-order valence-corrected chi connectivity index (χ4v) is 2.31. The van der Waals surface area contributed by atoms with Gasteiger partial charge in [-0.25, -0.2) is 4.79 Å². The normalized spacial score (nSPS) is 11.4. The van der Waals surface area contributed by atoms with Crippen LogP contribution in [0.3, 0.4) is 0 Å². The Bertz CT molecular complexity index is 413. The molecular formula is C16H25NaO3. The Hall–Kier alpha value is -0.510. The first-order valence-corrected chi connectivity index (χ1v) is 6.58. The van der Waals surface area contributed by atoms with Crippen molar-refractivity contribution in [2.24, 2.45) is 5.41 Å². The topological polar surface area (TPSA) is 35.5 Å². The zero-order chi connectivity index (χ0) is 14.5. The van der Waals surface area contributed by atoms with E-state index in [2.05, 4.69) is 20.8 Å². The van der Waals surface area contributed by atoms with Crippen LogP contribution in [0.5, 0.6) is 5.75 Å². The van der Waals surface area contributed by atoms with E-state index in [-0.39, 0.29) is 49.0 Å². The van der Waals surface area contributed by atoms with Gasteiger partial charge in [0.25, 0.3) is 0 Å². The minimum absolute atomic E-state index is 0. The summed E-state index contributed by atoms with van der Waals surface area (Å²) in [5.74, 6) is 0.339. The summed E-state index contributed by atoms with van der Waals surface area (Å²) in [5, 5.41) is 0. The Morgan fingerprint density at radius 1 is 1.10 bits per heavy atom. The van der Waals surface area contributed by atoms with E-state index in [1.165, 1.54) is 0 Å². The fraction of sp³-hybridized carbons (Fsp3) is 0.562. The first-order chi connectivity index (χ1) is 8.68. The number of para-hydroxylation sites is 1. The number of carbonyl (C=O) groups is 1. The number of carbonyl (C=O) groups excluding carboxylic acids is 1. The van der Waals surface area contributed by atoms with Crippen LogP contribution in [0.15, 0.2) is 30.3 Å². The molecule has 0 aliphatic rings. The van der Waals surface area contributed by atoms with E-state index in [1.807, 2.05) is 44.2 Å². The molecule has 0 bridgehead atoms. The van der Waals surface area contributed by atoms with Crippen LogP contribution in [-0.4, -0.2) is 18.2 Å². The van der Waals surface area contributed by atoms with Crippen molar-refractivity contribution in [2.45, 2.75) is 46.6 Å². The molecule has 20 heavy (non-hydrogen) atoms. The smallest absolute Gasteiger partial charge is 1.00 e. The van der Waals surface area contributed by atoms with Gasteiger partial charge in [-0.1, -0.05) is 39.0 Å². The molecular weight excluding hydrogens is 263 g/mol. The van der Waals surface area contributed by atoms with Crippen LogP contribution in [0.25, 0.3) is 0 Å². The molecule has 0 spiro atoms. The fourth-order valence-electron chi connectivity index (χ4n) is 2.31. The van der Waals surface area contributed by atoms with Gasteiger partial charge in [0.05, 0.1) is 0 Å². The van der Waals surface area contributed by atoms with Gasteiger partial charge in [0.2, 0.25) is 0 Å². The Labute approximate surface area is 145 Å². The Morgan fingerprint density at radius 2 is 1.65 bits per heavy atom. The second-order valence-electron chi connectivity index (χ2n) is 6.57. The molecule has 0 saturated heterocycles. The Balaban J connectivity index is 0. The summed E-state index contributed by atoms with van der Waals surface area (Å²) >= 11 is 0. The summed E-state index contributed by atoms with van der Waals surface area (Å²) in [5.41, 5.74) is -0.362. The average molecular weight is 288 g/mol. The van der Waals surface area contributed by atoms with Crippen molar-refractivity contribution in [1.82, 2.24) is 0 Å².